The minimum Gasteiger partial charge on any atom is -0.399 e. The van der Waals surface area contributed by atoms with E-state index in [1.165, 1.54) is 0 Å². The topological polar surface area (TPSA) is 69.7 Å². The molecule has 1 aliphatic rings. The second kappa shape index (κ2) is 18.1. The standard InChI is InChI=1S/C22H23ClO2P2.C14H22BO3P.C6H3Br2Cl/c1-26(2,24)21-9-5-7-16(14-21)18-11-19(13-20(23)12-18)17-8-6-10-22(15-17)27(3,4)25;1-13(2)14(3,4)18-15(17-13)11-8-7-9-12(10-11)19(5,6)16;7-4-1-5(8)3-6(9)2-4/h5-15H,1-4H3;7-10H,1-6H3;1-3H. The van der Waals surface area contributed by atoms with Gasteiger partial charge in [0, 0.05) is 34.9 Å². The van der Waals surface area contributed by atoms with Crippen LogP contribution in [0.2, 0.25) is 10.0 Å². The molecule has 5 aromatic rings. The van der Waals surface area contributed by atoms with Gasteiger partial charge in [-0.15, -0.1) is 0 Å². The molecule has 0 aliphatic carbocycles. The fourth-order valence-electron chi connectivity index (χ4n) is 5.47. The lowest BCUT2D eigenvalue weighted by molar-refractivity contribution is 0.00578. The lowest BCUT2D eigenvalue weighted by Crippen LogP contribution is -2.41. The zero-order valence-corrected chi connectivity index (χ0v) is 40.2. The second-order valence-corrected chi connectivity index (χ2v) is 28.0. The summed E-state index contributed by atoms with van der Waals surface area (Å²) >= 11 is 18.7. The molecule has 0 radical (unpaired) electrons. The van der Waals surface area contributed by atoms with E-state index in [9.17, 15) is 13.7 Å². The van der Waals surface area contributed by atoms with Gasteiger partial charge in [0.05, 0.1) is 11.2 Å². The van der Waals surface area contributed by atoms with E-state index in [-0.39, 0.29) is 11.2 Å². The summed E-state index contributed by atoms with van der Waals surface area (Å²) in [7, 11) is -7.33. The molecule has 1 aliphatic heterocycles. The van der Waals surface area contributed by atoms with Crippen LogP contribution in [-0.2, 0) is 23.0 Å². The summed E-state index contributed by atoms with van der Waals surface area (Å²) in [5.74, 6) is 0. The summed E-state index contributed by atoms with van der Waals surface area (Å²) in [5.41, 5.74) is 4.12. The van der Waals surface area contributed by atoms with E-state index in [0.29, 0.717) is 5.02 Å². The first-order valence-electron chi connectivity index (χ1n) is 17.5. The van der Waals surface area contributed by atoms with Crippen molar-refractivity contribution < 1.29 is 23.0 Å². The molecule has 6 rings (SSSR count). The summed E-state index contributed by atoms with van der Waals surface area (Å²) in [5, 5.41) is 3.92. The van der Waals surface area contributed by atoms with Crippen LogP contribution < -0.4 is 21.4 Å². The number of hydrogen-bond acceptors (Lipinski definition) is 5. The van der Waals surface area contributed by atoms with E-state index < -0.39 is 28.5 Å². The van der Waals surface area contributed by atoms with Crippen molar-refractivity contribution in [1.82, 2.24) is 0 Å². The van der Waals surface area contributed by atoms with Gasteiger partial charge < -0.3 is 23.0 Å². The Labute approximate surface area is 354 Å². The van der Waals surface area contributed by atoms with E-state index in [1.54, 1.807) is 40.0 Å². The number of hydrogen-bond donors (Lipinski definition) is 0. The predicted octanol–water partition coefficient (Wildman–Crippen LogP) is 12.3. The Morgan fingerprint density at radius 2 is 0.855 bits per heavy atom. The van der Waals surface area contributed by atoms with Gasteiger partial charge in [0.1, 0.15) is 21.4 Å². The van der Waals surface area contributed by atoms with Crippen LogP contribution in [0.25, 0.3) is 22.3 Å². The first-order chi connectivity index (χ1) is 25.2. The molecule has 0 spiro atoms. The normalized spacial score (nSPS) is 15.1. The molecule has 0 atom stereocenters. The fraction of sp³-hybridized carbons (Fsp3) is 0.286. The molecule has 0 aromatic heterocycles. The molecule has 5 nitrogen and oxygen atoms in total. The van der Waals surface area contributed by atoms with Crippen molar-refractivity contribution in [3.63, 3.8) is 0 Å². The average molecular weight is 967 g/mol. The van der Waals surface area contributed by atoms with Crippen molar-refractivity contribution in [1.29, 1.82) is 0 Å². The van der Waals surface area contributed by atoms with Gasteiger partial charge in [-0.05, 0) is 144 Å². The fourth-order valence-corrected chi connectivity index (χ4v) is 10.2. The summed E-state index contributed by atoms with van der Waals surface area (Å²) in [6.07, 6.45) is 0. The van der Waals surface area contributed by atoms with Gasteiger partial charge in [-0.1, -0.05) is 116 Å². The highest BCUT2D eigenvalue weighted by Crippen LogP contribution is 2.40. The van der Waals surface area contributed by atoms with E-state index >= 15 is 0 Å². The Hall–Kier alpha value is -1.69. The molecule has 0 bridgehead atoms. The molecule has 55 heavy (non-hydrogen) atoms. The van der Waals surface area contributed by atoms with Gasteiger partial charge in [-0.3, -0.25) is 0 Å². The van der Waals surface area contributed by atoms with E-state index in [1.807, 2.05) is 131 Å². The summed E-state index contributed by atoms with van der Waals surface area (Å²) < 4.78 is 51.0. The molecule has 1 fully saturated rings. The third-order valence-electron chi connectivity index (χ3n) is 9.35. The quantitative estimate of drug-likeness (QED) is 0.125. The SMILES string of the molecule is CC1(C)OB(c2cccc(P(C)(C)=O)c2)OC1(C)C.CP(C)(=O)c1cccc(-c2cc(Cl)cc(-c3cccc(P(C)(C)=O)c3)c2)c1.Clc1cc(Br)cc(Br)c1. The molecule has 0 saturated carbocycles. The van der Waals surface area contributed by atoms with Crippen molar-refractivity contribution in [3.8, 4) is 22.3 Å². The van der Waals surface area contributed by atoms with Crippen molar-refractivity contribution in [3.05, 3.63) is 128 Å². The smallest absolute Gasteiger partial charge is 0.399 e. The van der Waals surface area contributed by atoms with Gasteiger partial charge in [0.2, 0.25) is 0 Å². The summed E-state index contributed by atoms with van der Waals surface area (Å²) in [6, 6.07) is 34.8. The van der Waals surface area contributed by atoms with Crippen molar-refractivity contribution in [2.75, 3.05) is 40.0 Å². The first kappa shape index (κ1) is 46.0. The van der Waals surface area contributed by atoms with Crippen molar-refractivity contribution >= 4 is 105 Å². The van der Waals surface area contributed by atoms with E-state index in [2.05, 4.69) is 37.9 Å². The van der Waals surface area contributed by atoms with Crippen LogP contribution in [0.4, 0.5) is 0 Å². The van der Waals surface area contributed by atoms with Crippen LogP contribution in [0.15, 0.2) is 118 Å². The van der Waals surface area contributed by atoms with Crippen LogP contribution in [-0.4, -0.2) is 58.3 Å². The Kier molecular flexibility index (Phi) is 15.1. The second-order valence-electron chi connectivity index (χ2n) is 15.7. The molecular weight excluding hydrogens is 919 g/mol. The molecule has 0 amide bonds. The Balaban J connectivity index is 0.000000207. The molecule has 292 valence electrons. The van der Waals surface area contributed by atoms with Crippen LogP contribution >= 0.6 is 76.5 Å². The minimum atomic E-state index is -2.34. The maximum absolute atomic E-state index is 12.4. The van der Waals surface area contributed by atoms with Gasteiger partial charge in [0.15, 0.2) is 0 Å². The number of halogens is 4. The summed E-state index contributed by atoms with van der Waals surface area (Å²) in [4.78, 5) is 0. The average Bonchev–Trinajstić information content (AvgIpc) is 3.29. The molecule has 5 aromatic carbocycles. The van der Waals surface area contributed by atoms with Crippen molar-refractivity contribution in [2.24, 2.45) is 0 Å². The van der Waals surface area contributed by atoms with Gasteiger partial charge in [-0.25, -0.2) is 0 Å². The Morgan fingerprint density at radius 1 is 0.491 bits per heavy atom. The Bertz CT molecular complexity index is 2170. The third-order valence-corrected chi connectivity index (χ3v) is 15.3. The molecule has 0 N–H and O–H groups in total. The lowest BCUT2D eigenvalue weighted by Gasteiger charge is -2.32. The largest absolute Gasteiger partial charge is 0.494 e. The maximum atomic E-state index is 12.4. The molecule has 0 unspecified atom stereocenters. The molecule has 1 heterocycles. The zero-order valence-electron chi connectivity index (χ0n) is 32.9. The van der Waals surface area contributed by atoms with E-state index in [4.69, 9.17) is 32.5 Å². The predicted molar refractivity (Wildman–Crippen MR) is 249 cm³/mol. The Morgan fingerprint density at radius 3 is 1.24 bits per heavy atom. The number of benzene rings is 5. The van der Waals surface area contributed by atoms with E-state index in [0.717, 1.165) is 57.6 Å². The monoisotopic (exact) mass is 964 g/mol. The van der Waals surface area contributed by atoms with Crippen LogP contribution in [0.3, 0.4) is 0 Å². The number of rotatable bonds is 6. The highest BCUT2D eigenvalue weighted by Gasteiger charge is 2.51. The minimum absolute atomic E-state index is 0.351. The zero-order chi connectivity index (χ0) is 41.1. The first-order valence-corrected chi connectivity index (χ1v) is 27.6. The third kappa shape index (κ3) is 12.9. The highest BCUT2D eigenvalue weighted by atomic mass is 79.9. The maximum Gasteiger partial charge on any atom is 0.494 e. The summed E-state index contributed by atoms with van der Waals surface area (Å²) in [6.45, 7) is 18.8. The van der Waals surface area contributed by atoms with Gasteiger partial charge >= 0.3 is 7.12 Å². The highest BCUT2D eigenvalue weighted by molar-refractivity contribution is 9.11. The molecular formula is C42H48BBr2Cl2O5P3. The van der Waals surface area contributed by atoms with Crippen LogP contribution in [0.5, 0.6) is 0 Å². The lowest BCUT2D eigenvalue weighted by atomic mass is 9.79. The van der Waals surface area contributed by atoms with Gasteiger partial charge in [0.25, 0.3) is 0 Å². The van der Waals surface area contributed by atoms with Gasteiger partial charge in [-0.2, -0.15) is 0 Å². The molecule has 13 heteroatoms. The van der Waals surface area contributed by atoms with Crippen molar-refractivity contribution in [2.45, 2.75) is 38.9 Å². The van der Waals surface area contributed by atoms with Crippen LogP contribution in [0, 0.1) is 0 Å². The van der Waals surface area contributed by atoms with Crippen LogP contribution in [0.1, 0.15) is 27.7 Å². The molecule has 1 saturated heterocycles.